The summed E-state index contributed by atoms with van der Waals surface area (Å²) in [6, 6.07) is 4.11. The molecule has 1 saturated heterocycles. The second-order valence-electron chi connectivity index (χ2n) is 6.69. The zero-order valence-corrected chi connectivity index (χ0v) is 14.2. The Morgan fingerprint density at radius 3 is 2.75 bits per heavy atom. The first-order valence-corrected chi connectivity index (χ1v) is 7.70. The van der Waals surface area contributed by atoms with Crippen LogP contribution in [0.3, 0.4) is 0 Å². The van der Waals surface area contributed by atoms with Crippen molar-refractivity contribution < 1.29 is 28.6 Å². The molecule has 2 atom stereocenters. The Labute approximate surface area is 140 Å². The van der Waals surface area contributed by atoms with Crippen LogP contribution in [0.5, 0.6) is 0 Å². The van der Waals surface area contributed by atoms with Crippen molar-refractivity contribution in [1.29, 1.82) is 0 Å². The summed E-state index contributed by atoms with van der Waals surface area (Å²) < 4.78 is 23.9. The van der Waals surface area contributed by atoms with Gasteiger partial charge in [0.1, 0.15) is 11.4 Å². The Bertz CT molecular complexity index is 640. The number of hydrogen-bond donors (Lipinski definition) is 1. The van der Waals surface area contributed by atoms with Crippen molar-refractivity contribution >= 4 is 17.6 Å². The number of ether oxygens (including phenoxy) is 2. The van der Waals surface area contributed by atoms with Crippen molar-refractivity contribution in [3.63, 3.8) is 0 Å². The molecule has 1 fully saturated rings. The fourth-order valence-corrected chi connectivity index (χ4v) is 2.43. The van der Waals surface area contributed by atoms with E-state index in [0.717, 1.165) is 0 Å². The highest BCUT2D eigenvalue weighted by atomic mass is 19.1. The molecule has 2 rings (SSSR count). The molecule has 0 aromatic heterocycles. The highest BCUT2D eigenvalue weighted by Gasteiger charge is 2.41. The number of rotatable bonds is 3. The van der Waals surface area contributed by atoms with Crippen molar-refractivity contribution in [2.24, 2.45) is 0 Å². The molecule has 0 saturated carbocycles. The van der Waals surface area contributed by atoms with Gasteiger partial charge in [0, 0.05) is 12.2 Å². The summed E-state index contributed by atoms with van der Waals surface area (Å²) in [5, 5.41) is 10.1. The Hall–Kier alpha value is -1.99. The summed E-state index contributed by atoms with van der Waals surface area (Å²) in [6.07, 6.45) is -3.12. The molecule has 0 bridgehead atoms. The average Bonchev–Trinajstić information content (AvgIpc) is 2.48. The first-order valence-electron chi connectivity index (χ1n) is 7.70. The van der Waals surface area contributed by atoms with Crippen molar-refractivity contribution in [2.75, 3.05) is 18.1 Å². The van der Waals surface area contributed by atoms with Gasteiger partial charge in [-0.05, 0) is 45.4 Å². The standard InChI is InChI=1S/C17H22FNO5/c1-10-5-6-11(18)9-12(10)19-7-8-23-14(15(19)21)13(20)16(22)24-17(2,3)4/h5-6,9,13-14,20H,7-8H2,1-4H3/t13-,14-/m1/s1. The first kappa shape index (κ1) is 18.4. The number of halogens is 1. The lowest BCUT2D eigenvalue weighted by Crippen LogP contribution is -2.55. The minimum Gasteiger partial charge on any atom is -0.458 e. The van der Waals surface area contributed by atoms with Gasteiger partial charge in [-0.2, -0.15) is 0 Å². The van der Waals surface area contributed by atoms with Crippen LogP contribution in [0.2, 0.25) is 0 Å². The highest BCUT2D eigenvalue weighted by molar-refractivity contribution is 6.00. The van der Waals surface area contributed by atoms with E-state index < -0.39 is 35.5 Å². The normalized spacial score (nSPS) is 20.0. The molecular formula is C17H22FNO5. The monoisotopic (exact) mass is 339 g/mol. The average molecular weight is 339 g/mol. The van der Waals surface area contributed by atoms with Gasteiger partial charge in [0.15, 0.2) is 12.2 Å². The summed E-state index contributed by atoms with van der Waals surface area (Å²) in [7, 11) is 0. The van der Waals surface area contributed by atoms with Crippen molar-refractivity contribution in [3.8, 4) is 0 Å². The first-order chi connectivity index (χ1) is 11.1. The maximum Gasteiger partial charge on any atom is 0.338 e. The van der Waals surface area contributed by atoms with Crippen LogP contribution in [-0.4, -0.2) is 47.9 Å². The molecule has 1 heterocycles. The zero-order chi connectivity index (χ0) is 18.1. The summed E-state index contributed by atoms with van der Waals surface area (Å²) in [6.45, 7) is 7.04. The minimum absolute atomic E-state index is 0.117. The van der Waals surface area contributed by atoms with Crippen molar-refractivity contribution in [2.45, 2.75) is 45.5 Å². The number of benzene rings is 1. The number of aliphatic hydroxyl groups excluding tert-OH is 1. The van der Waals surface area contributed by atoms with E-state index in [2.05, 4.69) is 0 Å². The van der Waals surface area contributed by atoms with Crippen molar-refractivity contribution in [1.82, 2.24) is 0 Å². The van der Waals surface area contributed by atoms with Gasteiger partial charge in [-0.3, -0.25) is 4.79 Å². The molecule has 1 aromatic rings. The predicted octanol–water partition coefficient (Wildman–Crippen LogP) is 1.57. The van der Waals surface area contributed by atoms with Crippen LogP contribution in [0.25, 0.3) is 0 Å². The van der Waals surface area contributed by atoms with Gasteiger partial charge in [0.2, 0.25) is 0 Å². The molecule has 0 spiro atoms. The SMILES string of the molecule is Cc1ccc(F)cc1N1CCO[C@H]([C@@H](O)C(=O)OC(C)(C)C)C1=O. The van der Waals surface area contributed by atoms with E-state index in [1.165, 1.54) is 17.0 Å². The van der Waals surface area contributed by atoms with E-state index in [0.29, 0.717) is 11.3 Å². The van der Waals surface area contributed by atoms with Crippen molar-refractivity contribution in [3.05, 3.63) is 29.6 Å². The number of morpholine rings is 1. The summed E-state index contributed by atoms with van der Waals surface area (Å²) in [5.74, 6) is -2.01. The zero-order valence-electron chi connectivity index (χ0n) is 14.2. The van der Waals surface area contributed by atoms with E-state index >= 15 is 0 Å². The number of amides is 1. The topological polar surface area (TPSA) is 76.1 Å². The van der Waals surface area contributed by atoms with E-state index in [-0.39, 0.29) is 13.2 Å². The largest absolute Gasteiger partial charge is 0.458 e. The number of carbonyl (C=O) groups excluding carboxylic acids is 2. The molecule has 1 amide bonds. The fourth-order valence-electron chi connectivity index (χ4n) is 2.43. The number of anilines is 1. The van der Waals surface area contributed by atoms with E-state index in [1.807, 2.05) is 0 Å². The molecule has 132 valence electrons. The number of aryl methyl sites for hydroxylation is 1. The van der Waals surface area contributed by atoms with Crippen LogP contribution in [0.1, 0.15) is 26.3 Å². The Morgan fingerprint density at radius 1 is 1.46 bits per heavy atom. The van der Waals surface area contributed by atoms with Gasteiger partial charge in [-0.1, -0.05) is 6.07 Å². The molecule has 6 nitrogen and oxygen atoms in total. The fraction of sp³-hybridized carbons (Fsp3) is 0.529. The van der Waals surface area contributed by atoms with Crippen LogP contribution in [0.15, 0.2) is 18.2 Å². The van der Waals surface area contributed by atoms with Crippen LogP contribution in [0, 0.1) is 12.7 Å². The summed E-state index contributed by atoms with van der Waals surface area (Å²) in [5.41, 5.74) is 0.302. The maximum atomic E-state index is 13.5. The van der Waals surface area contributed by atoms with Crippen LogP contribution < -0.4 is 4.90 Å². The van der Waals surface area contributed by atoms with Gasteiger partial charge in [-0.15, -0.1) is 0 Å². The third kappa shape index (κ3) is 4.10. The van der Waals surface area contributed by atoms with Crippen LogP contribution >= 0.6 is 0 Å². The minimum atomic E-state index is -1.74. The summed E-state index contributed by atoms with van der Waals surface area (Å²) in [4.78, 5) is 25.9. The maximum absolute atomic E-state index is 13.5. The Morgan fingerprint density at radius 2 is 2.12 bits per heavy atom. The smallest absolute Gasteiger partial charge is 0.338 e. The number of hydrogen-bond acceptors (Lipinski definition) is 5. The number of nitrogens with zero attached hydrogens (tertiary/aromatic N) is 1. The molecular weight excluding hydrogens is 317 g/mol. The molecule has 0 unspecified atom stereocenters. The molecule has 7 heteroatoms. The lowest BCUT2D eigenvalue weighted by molar-refractivity contribution is -0.177. The van der Waals surface area contributed by atoms with Gasteiger partial charge < -0.3 is 19.5 Å². The Kier molecular flexibility index (Phi) is 5.25. The summed E-state index contributed by atoms with van der Waals surface area (Å²) >= 11 is 0. The highest BCUT2D eigenvalue weighted by Crippen LogP contribution is 2.25. The lowest BCUT2D eigenvalue weighted by Gasteiger charge is -2.35. The third-order valence-corrected chi connectivity index (χ3v) is 3.52. The van der Waals surface area contributed by atoms with E-state index in [4.69, 9.17) is 9.47 Å². The van der Waals surface area contributed by atoms with Gasteiger partial charge in [0.05, 0.1) is 6.61 Å². The molecule has 1 aliphatic heterocycles. The van der Waals surface area contributed by atoms with Gasteiger partial charge in [-0.25, -0.2) is 9.18 Å². The van der Waals surface area contributed by atoms with Gasteiger partial charge >= 0.3 is 5.97 Å². The van der Waals surface area contributed by atoms with Gasteiger partial charge in [0.25, 0.3) is 5.91 Å². The molecule has 24 heavy (non-hydrogen) atoms. The van der Waals surface area contributed by atoms with E-state index in [1.54, 1.807) is 33.8 Å². The predicted molar refractivity (Wildman–Crippen MR) is 85.1 cm³/mol. The number of esters is 1. The molecule has 1 aliphatic rings. The Balaban J connectivity index is 2.21. The lowest BCUT2D eigenvalue weighted by atomic mass is 10.1. The molecule has 0 radical (unpaired) electrons. The molecule has 0 aliphatic carbocycles. The number of aliphatic hydroxyl groups is 1. The second-order valence-corrected chi connectivity index (χ2v) is 6.69. The third-order valence-electron chi connectivity index (χ3n) is 3.52. The number of carbonyl (C=O) groups is 2. The molecule has 1 N–H and O–H groups in total. The van der Waals surface area contributed by atoms with Crippen LogP contribution in [-0.2, 0) is 19.1 Å². The quantitative estimate of drug-likeness (QED) is 0.846. The van der Waals surface area contributed by atoms with E-state index in [9.17, 15) is 19.1 Å². The van der Waals surface area contributed by atoms with Crippen LogP contribution in [0.4, 0.5) is 10.1 Å². The molecule has 1 aromatic carbocycles. The second kappa shape index (κ2) is 6.86.